The van der Waals surface area contributed by atoms with Crippen LogP contribution in [-0.2, 0) is 6.61 Å². The Bertz CT molecular complexity index is 774. The summed E-state index contributed by atoms with van der Waals surface area (Å²) >= 11 is 9.52. The first-order chi connectivity index (χ1) is 10.2. The second-order valence-electron chi connectivity index (χ2n) is 4.40. The van der Waals surface area contributed by atoms with Gasteiger partial charge in [-0.2, -0.15) is 0 Å². The zero-order chi connectivity index (χ0) is 14.8. The highest BCUT2D eigenvalue weighted by molar-refractivity contribution is 9.10. The molecule has 0 aliphatic heterocycles. The number of para-hydroxylation sites is 1. The Balaban J connectivity index is 2.20. The Morgan fingerprint density at radius 2 is 1.86 bits per heavy atom. The lowest BCUT2D eigenvalue weighted by molar-refractivity contribution is 0.269. The predicted octanol–water partition coefficient (Wildman–Crippen LogP) is 3.84. The van der Waals surface area contributed by atoms with E-state index in [1.807, 2.05) is 53.1 Å². The number of halogens is 2. The largest absolute Gasteiger partial charge is 0.388 e. The van der Waals surface area contributed by atoms with Crippen molar-refractivity contribution in [1.82, 2.24) is 14.8 Å². The molecule has 0 bridgehead atoms. The highest BCUT2D eigenvalue weighted by atomic mass is 79.9. The summed E-state index contributed by atoms with van der Waals surface area (Å²) in [5, 5.41) is 18.3. The average molecular weight is 365 g/mol. The van der Waals surface area contributed by atoms with Gasteiger partial charge in [0.05, 0.1) is 5.02 Å². The molecule has 3 aromatic rings. The Kier molecular flexibility index (Phi) is 4.05. The molecular weight excluding hydrogens is 354 g/mol. The number of nitrogens with zero attached hydrogens (tertiary/aromatic N) is 3. The highest BCUT2D eigenvalue weighted by Gasteiger charge is 2.15. The summed E-state index contributed by atoms with van der Waals surface area (Å²) in [6.45, 7) is -0.188. The first-order valence-electron chi connectivity index (χ1n) is 6.26. The molecule has 1 N–H and O–H groups in total. The van der Waals surface area contributed by atoms with Gasteiger partial charge in [0, 0.05) is 15.7 Å². The van der Waals surface area contributed by atoms with Crippen molar-refractivity contribution in [3.63, 3.8) is 0 Å². The number of benzene rings is 2. The van der Waals surface area contributed by atoms with Crippen molar-refractivity contribution in [1.29, 1.82) is 0 Å². The summed E-state index contributed by atoms with van der Waals surface area (Å²) in [5.41, 5.74) is 1.72. The van der Waals surface area contributed by atoms with Crippen LogP contribution in [0.5, 0.6) is 0 Å². The number of aromatic nitrogens is 3. The zero-order valence-electron chi connectivity index (χ0n) is 10.9. The minimum atomic E-state index is -0.188. The van der Waals surface area contributed by atoms with Crippen molar-refractivity contribution < 1.29 is 5.11 Å². The van der Waals surface area contributed by atoms with Crippen molar-refractivity contribution in [2.75, 3.05) is 0 Å². The zero-order valence-corrected chi connectivity index (χ0v) is 13.2. The summed E-state index contributed by atoms with van der Waals surface area (Å²) in [5.74, 6) is 1.12. The summed E-state index contributed by atoms with van der Waals surface area (Å²) in [7, 11) is 0. The van der Waals surface area contributed by atoms with Gasteiger partial charge in [-0.25, -0.2) is 0 Å². The van der Waals surface area contributed by atoms with E-state index in [2.05, 4.69) is 26.1 Å². The lowest BCUT2D eigenvalue weighted by Gasteiger charge is -2.10. The van der Waals surface area contributed by atoms with E-state index in [0.717, 1.165) is 15.7 Å². The Morgan fingerprint density at radius 1 is 1.10 bits per heavy atom. The van der Waals surface area contributed by atoms with Gasteiger partial charge in [-0.15, -0.1) is 10.2 Å². The molecule has 0 saturated carbocycles. The van der Waals surface area contributed by atoms with E-state index in [1.165, 1.54) is 0 Å². The molecule has 1 aromatic heterocycles. The van der Waals surface area contributed by atoms with Crippen LogP contribution in [0.3, 0.4) is 0 Å². The lowest BCUT2D eigenvalue weighted by atomic mass is 10.2. The van der Waals surface area contributed by atoms with Gasteiger partial charge in [-0.3, -0.25) is 4.57 Å². The van der Waals surface area contributed by atoms with E-state index >= 15 is 0 Å². The molecule has 0 aliphatic rings. The number of hydrogen-bond donors (Lipinski definition) is 1. The van der Waals surface area contributed by atoms with Crippen LogP contribution in [0.2, 0.25) is 5.02 Å². The van der Waals surface area contributed by atoms with Crippen molar-refractivity contribution in [3.8, 4) is 17.1 Å². The van der Waals surface area contributed by atoms with Crippen LogP contribution in [0.4, 0.5) is 0 Å². The number of rotatable bonds is 3. The van der Waals surface area contributed by atoms with Gasteiger partial charge in [0.2, 0.25) is 0 Å². The monoisotopic (exact) mass is 363 g/mol. The summed E-state index contributed by atoms with van der Waals surface area (Å²) in [6.07, 6.45) is 0. The van der Waals surface area contributed by atoms with E-state index in [-0.39, 0.29) is 6.61 Å². The Hall–Kier alpha value is -1.69. The van der Waals surface area contributed by atoms with Crippen molar-refractivity contribution in [2.24, 2.45) is 0 Å². The third-order valence-corrected chi connectivity index (χ3v) is 4.30. The maximum absolute atomic E-state index is 9.48. The minimum absolute atomic E-state index is 0.188. The molecule has 2 aromatic carbocycles. The molecule has 21 heavy (non-hydrogen) atoms. The van der Waals surface area contributed by atoms with Crippen molar-refractivity contribution in [3.05, 3.63) is 63.9 Å². The van der Waals surface area contributed by atoms with Crippen LogP contribution in [0.15, 0.2) is 53.0 Å². The van der Waals surface area contributed by atoms with E-state index in [9.17, 15) is 5.11 Å². The first kappa shape index (κ1) is 14.3. The number of aliphatic hydroxyl groups is 1. The van der Waals surface area contributed by atoms with Crippen LogP contribution in [-0.4, -0.2) is 19.9 Å². The molecule has 1 heterocycles. The van der Waals surface area contributed by atoms with Gasteiger partial charge < -0.3 is 5.11 Å². The summed E-state index contributed by atoms with van der Waals surface area (Å²) in [6, 6.07) is 15.2. The second kappa shape index (κ2) is 5.97. The molecule has 6 heteroatoms. The average Bonchev–Trinajstić information content (AvgIpc) is 2.95. The molecule has 0 aliphatic carbocycles. The molecule has 0 fully saturated rings. The van der Waals surface area contributed by atoms with Gasteiger partial charge >= 0.3 is 0 Å². The van der Waals surface area contributed by atoms with Crippen LogP contribution in [0.1, 0.15) is 5.82 Å². The molecule has 0 unspecified atom stereocenters. The van der Waals surface area contributed by atoms with E-state index < -0.39 is 0 Å². The predicted molar refractivity (Wildman–Crippen MR) is 85.4 cm³/mol. The van der Waals surface area contributed by atoms with Gasteiger partial charge in [0.25, 0.3) is 0 Å². The maximum atomic E-state index is 9.48. The third kappa shape index (κ3) is 2.72. The fourth-order valence-corrected chi connectivity index (χ4v) is 2.52. The number of hydrogen-bond acceptors (Lipinski definition) is 3. The van der Waals surface area contributed by atoms with Crippen LogP contribution in [0, 0.1) is 0 Å². The van der Waals surface area contributed by atoms with Gasteiger partial charge in [0.1, 0.15) is 6.61 Å². The van der Waals surface area contributed by atoms with E-state index in [1.54, 1.807) is 0 Å². The second-order valence-corrected chi connectivity index (χ2v) is 5.66. The molecule has 106 valence electrons. The molecule has 3 rings (SSSR count). The fraction of sp³-hybridized carbons (Fsp3) is 0.0667. The third-order valence-electron chi connectivity index (χ3n) is 3.06. The first-order valence-corrected chi connectivity index (χ1v) is 7.44. The molecule has 4 nitrogen and oxygen atoms in total. The van der Waals surface area contributed by atoms with Gasteiger partial charge in [0.15, 0.2) is 11.6 Å². The van der Waals surface area contributed by atoms with E-state index in [0.29, 0.717) is 16.7 Å². The molecular formula is C15H11BrClN3O. The molecule has 0 atom stereocenters. The normalized spacial score (nSPS) is 10.8. The highest BCUT2D eigenvalue weighted by Crippen LogP contribution is 2.29. The summed E-state index contributed by atoms with van der Waals surface area (Å²) < 4.78 is 2.64. The van der Waals surface area contributed by atoms with Gasteiger partial charge in [-0.1, -0.05) is 29.8 Å². The van der Waals surface area contributed by atoms with E-state index in [4.69, 9.17) is 11.6 Å². The lowest BCUT2D eigenvalue weighted by Crippen LogP contribution is -2.03. The van der Waals surface area contributed by atoms with Crippen LogP contribution in [0.25, 0.3) is 17.1 Å². The van der Waals surface area contributed by atoms with Crippen molar-refractivity contribution >= 4 is 27.5 Å². The summed E-state index contributed by atoms with van der Waals surface area (Å²) in [4.78, 5) is 0. The van der Waals surface area contributed by atoms with Crippen LogP contribution < -0.4 is 0 Å². The molecule has 0 saturated heterocycles. The minimum Gasteiger partial charge on any atom is -0.388 e. The van der Waals surface area contributed by atoms with Crippen LogP contribution >= 0.6 is 27.5 Å². The molecule has 0 spiro atoms. The fourth-order valence-electron chi connectivity index (χ4n) is 2.09. The maximum Gasteiger partial charge on any atom is 0.168 e. The standard InChI is InChI=1S/C15H11BrClN3O/c16-12-7-6-10(8-13(12)17)15-19-18-14(9-21)20(15)11-4-2-1-3-5-11/h1-8,21H,9H2. The Labute approximate surface area is 135 Å². The molecule has 0 amide bonds. The van der Waals surface area contributed by atoms with Crippen molar-refractivity contribution in [2.45, 2.75) is 6.61 Å². The topological polar surface area (TPSA) is 50.9 Å². The van der Waals surface area contributed by atoms with Gasteiger partial charge in [-0.05, 0) is 46.3 Å². The quantitative estimate of drug-likeness (QED) is 0.768. The SMILES string of the molecule is OCc1nnc(-c2ccc(Br)c(Cl)c2)n1-c1ccccc1. The number of aliphatic hydroxyl groups excluding tert-OH is 1. The molecule has 0 radical (unpaired) electrons. The Morgan fingerprint density at radius 3 is 2.52 bits per heavy atom. The smallest absolute Gasteiger partial charge is 0.168 e.